The molecule has 0 fully saturated rings. The van der Waals surface area contributed by atoms with Crippen LogP contribution in [0.15, 0.2) is 174 Å². The van der Waals surface area contributed by atoms with Crippen LogP contribution in [0.5, 0.6) is 0 Å². The van der Waals surface area contributed by atoms with E-state index in [9.17, 15) is 0 Å². The third-order valence-electron chi connectivity index (χ3n) is 8.10. The van der Waals surface area contributed by atoms with Gasteiger partial charge in [-0.1, -0.05) is 116 Å². The molecular formula is C41H39N3. The van der Waals surface area contributed by atoms with Crippen LogP contribution in [0.3, 0.4) is 0 Å². The first-order chi connectivity index (χ1) is 21.6. The predicted octanol–water partition coefficient (Wildman–Crippen LogP) is 10.8. The zero-order chi connectivity index (χ0) is 30.1. The van der Waals surface area contributed by atoms with Gasteiger partial charge in [0.2, 0.25) is 0 Å². The van der Waals surface area contributed by atoms with Crippen LogP contribution < -0.4 is 9.91 Å². The van der Waals surface area contributed by atoms with Crippen molar-refractivity contribution in [3.63, 3.8) is 0 Å². The van der Waals surface area contributed by atoms with Crippen LogP contribution in [-0.4, -0.2) is 6.21 Å². The van der Waals surface area contributed by atoms with Gasteiger partial charge in [0.05, 0.1) is 17.6 Å². The highest BCUT2D eigenvalue weighted by atomic mass is 15.5. The Morgan fingerprint density at radius 3 is 1.91 bits per heavy atom. The minimum Gasteiger partial charge on any atom is -0.317 e. The summed E-state index contributed by atoms with van der Waals surface area (Å²) in [6.07, 6.45) is 22.3. The van der Waals surface area contributed by atoms with Gasteiger partial charge in [-0.15, -0.1) is 0 Å². The first-order valence-corrected chi connectivity index (χ1v) is 15.5. The second-order valence-corrected chi connectivity index (χ2v) is 11.5. The van der Waals surface area contributed by atoms with E-state index in [0.717, 1.165) is 41.2 Å². The molecule has 0 amide bonds. The van der Waals surface area contributed by atoms with E-state index in [0.29, 0.717) is 11.8 Å². The van der Waals surface area contributed by atoms with E-state index < -0.39 is 0 Å². The maximum Gasteiger partial charge on any atom is 0.0652 e. The van der Waals surface area contributed by atoms with Crippen LogP contribution in [0.1, 0.15) is 30.9 Å². The molecule has 0 aromatic heterocycles. The van der Waals surface area contributed by atoms with Gasteiger partial charge in [0.1, 0.15) is 0 Å². The summed E-state index contributed by atoms with van der Waals surface area (Å²) in [5.41, 5.74) is 9.21. The lowest BCUT2D eigenvalue weighted by molar-refractivity contribution is 0.719. The fourth-order valence-electron chi connectivity index (χ4n) is 5.55. The third-order valence-corrected chi connectivity index (χ3v) is 8.10. The summed E-state index contributed by atoms with van der Waals surface area (Å²) >= 11 is 0. The Balaban J connectivity index is 1.35. The summed E-state index contributed by atoms with van der Waals surface area (Å²) in [6, 6.07) is 38.0. The van der Waals surface area contributed by atoms with Crippen molar-refractivity contribution in [3.05, 3.63) is 180 Å². The molecule has 0 spiro atoms. The van der Waals surface area contributed by atoms with Gasteiger partial charge in [-0.2, -0.15) is 5.10 Å². The number of nitrogens with zero attached hydrogens (tertiary/aromatic N) is 3. The molecule has 2 aliphatic carbocycles. The molecule has 0 saturated heterocycles. The zero-order valence-corrected chi connectivity index (χ0v) is 25.5. The van der Waals surface area contributed by atoms with Crippen LogP contribution in [0.4, 0.5) is 22.7 Å². The average Bonchev–Trinajstić information content (AvgIpc) is 3.08. The number of benzene rings is 4. The van der Waals surface area contributed by atoms with Crippen LogP contribution in [0.25, 0.3) is 0 Å². The minimum atomic E-state index is 0.325. The molecule has 44 heavy (non-hydrogen) atoms. The molecule has 0 radical (unpaired) electrons. The van der Waals surface area contributed by atoms with Gasteiger partial charge in [0.15, 0.2) is 0 Å². The Hall–Kier alpha value is -5.15. The Morgan fingerprint density at radius 1 is 0.705 bits per heavy atom. The maximum atomic E-state index is 4.91. The lowest BCUT2D eigenvalue weighted by Crippen LogP contribution is -2.15. The Labute approximate surface area is 262 Å². The SMILES string of the molecule is Cc1ccc(N(/C=C(/C2=CCC(C)C=C2)C2C=CC=CC2)c2ccc(/C=N/N(c3ccccc3)c3ccccc3)cc2)cc1. The van der Waals surface area contributed by atoms with Gasteiger partial charge in [-0.05, 0) is 90.9 Å². The predicted molar refractivity (Wildman–Crippen MR) is 188 cm³/mol. The molecule has 4 aromatic carbocycles. The fourth-order valence-corrected chi connectivity index (χ4v) is 5.55. The molecule has 0 bridgehead atoms. The van der Waals surface area contributed by atoms with Gasteiger partial charge in [-0.25, -0.2) is 5.01 Å². The Kier molecular flexibility index (Phi) is 9.13. The van der Waals surface area contributed by atoms with E-state index in [4.69, 9.17) is 5.10 Å². The zero-order valence-electron chi connectivity index (χ0n) is 25.5. The maximum absolute atomic E-state index is 4.91. The van der Waals surface area contributed by atoms with E-state index in [-0.39, 0.29) is 0 Å². The Bertz CT molecular complexity index is 1670. The molecule has 0 saturated carbocycles. The van der Waals surface area contributed by atoms with Crippen LogP contribution >= 0.6 is 0 Å². The highest BCUT2D eigenvalue weighted by Gasteiger charge is 2.19. The van der Waals surface area contributed by atoms with E-state index in [1.165, 1.54) is 16.7 Å². The number of anilines is 4. The highest BCUT2D eigenvalue weighted by molar-refractivity contribution is 5.83. The molecule has 4 aromatic rings. The topological polar surface area (TPSA) is 18.8 Å². The molecule has 2 unspecified atom stereocenters. The van der Waals surface area contributed by atoms with Crippen LogP contribution in [-0.2, 0) is 0 Å². The molecular weight excluding hydrogens is 534 g/mol. The molecule has 218 valence electrons. The molecule has 0 N–H and O–H groups in total. The summed E-state index contributed by atoms with van der Waals surface area (Å²) < 4.78 is 0. The second kappa shape index (κ2) is 13.9. The van der Waals surface area contributed by atoms with Crippen molar-refractivity contribution in [3.8, 4) is 0 Å². The van der Waals surface area contributed by atoms with E-state index in [1.807, 2.05) is 47.6 Å². The fraction of sp³-hybridized carbons (Fsp3) is 0.146. The normalized spacial score (nSPS) is 18.0. The van der Waals surface area contributed by atoms with Crippen molar-refractivity contribution in [1.29, 1.82) is 0 Å². The summed E-state index contributed by atoms with van der Waals surface area (Å²) in [5, 5.41) is 6.88. The highest BCUT2D eigenvalue weighted by Crippen LogP contribution is 2.35. The molecule has 6 rings (SSSR count). The summed E-state index contributed by atoms with van der Waals surface area (Å²) in [7, 11) is 0. The standard InChI is InChI=1S/C41H39N3/c1-32-18-24-36(25-19-32)41(35-12-6-3-7-13-35)31-43(37-26-20-33(2)21-27-37)38-28-22-34(23-29-38)30-42-44(39-14-8-4-9-15-39)40-16-10-5-11-17-40/h3-12,14-18,20-32,35H,13,19H2,1-2H3/b41-31+,42-30+. The minimum absolute atomic E-state index is 0.325. The first kappa shape index (κ1) is 28.9. The van der Waals surface area contributed by atoms with Crippen LogP contribution in [0, 0.1) is 18.8 Å². The van der Waals surface area contributed by atoms with Gasteiger partial charge in [0, 0.05) is 23.5 Å². The van der Waals surface area contributed by atoms with E-state index in [2.05, 4.69) is 140 Å². The van der Waals surface area contributed by atoms with Crippen molar-refractivity contribution in [1.82, 2.24) is 0 Å². The number of rotatable bonds is 9. The van der Waals surface area contributed by atoms with Gasteiger partial charge >= 0.3 is 0 Å². The van der Waals surface area contributed by atoms with Crippen molar-refractivity contribution < 1.29 is 0 Å². The molecule has 3 heteroatoms. The summed E-state index contributed by atoms with van der Waals surface area (Å²) in [6.45, 7) is 4.41. The smallest absolute Gasteiger partial charge is 0.0652 e. The van der Waals surface area contributed by atoms with Gasteiger partial charge < -0.3 is 4.90 Å². The number of hydrazone groups is 1. The average molecular weight is 574 g/mol. The molecule has 2 atom stereocenters. The van der Waals surface area contributed by atoms with E-state index in [1.54, 1.807) is 0 Å². The van der Waals surface area contributed by atoms with E-state index >= 15 is 0 Å². The van der Waals surface area contributed by atoms with Crippen molar-refractivity contribution in [2.24, 2.45) is 16.9 Å². The monoisotopic (exact) mass is 573 g/mol. The third kappa shape index (κ3) is 7.07. The lowest BCUT2D eigenvalue weighted by Gasteiger charge is -2.27. The summed E-state index contributed by atoms with van der Waals surface area (Å²) in [4.78, 5) is 2.33. The molecule has 0 heterocycles. The molecule has 3 nitrogen and oxygen atoms in total. The second-order valence-electron chi connectivity index (χ2n) is 11.5. The number of allylic oxidation sites excluding steroid dienone is 9. The number of aryl methyl sites for hydroxylation is 1. The summed E-state index contributed by atoms with van der Waals surface area (Å²) in [5.74, 6) is 0.898. The molecule has 2 aliphatic rings. The van der Waals surface area contributed by atoms with Crippen molar-refractivity contribution in [2.75, 3.05) is 9.91 Å². The number of para-hydroxylation sites is 2. The quantitative estimate of drug-likeness (QED) is 0.146. The van der Waals surface area contributed by atoms with Crippen molar-refractivity contribution >= 4 is 29.0 Å². The number of hydrogen-bond acceptors (Lipinski definition) is 3. The van der Waals surface area contributed by atoms with Crippen molar-refractivity contribution in [2.45, 2.75) is 26.7 Å². The lowest BCUT2D eigenvalue weighted by atomic mass is 9.84. The Morgan fingerprint density at radius 2 is 1.34 bits per heavy atom. The first-order valence-electron chi connectivity index (χ1n) is 15.5. The number of hydrogen-bond donors (Lipinski definition) is 0. The molecule has 0 aliphatic heterocycles. The largest absolute Gasteiger partial charge is 0.317 e. The van der Waals surface area contributed by atoms with Crippen LogP contribution in [0.2, 0.25) is 0 Å². The van der Waals surface area contributed by atoms with Gasteiger partial charge in [0.25, 0.3) is 0 Å². The van der Waals surface area contributed by atoms with Gasteiger partial charge in [-0.3, -0.25) is 0 Å².